The maximum Gasteiger partial charge on any atom is 0.366 e. The van der Waals surface area contributed by atoms with Crippen LogP contribution in [0.3, 0.4) is 0 Å². The second kappa shape index (κ2) is 4.78. The number of rotatable bonds is 3. The molecule has 0 bridgehead atoms. The molecule has 96 valence electrons. The molecule has 1 unspecified atom stereocenters. The number of nitrogens with zero attached hydrogens (tertiary/aromatic N) is 1. The van der Waals surface area contributed by atoms with Crippen molar-refractivity contribution in [3.8, 4) is 0 Å². The lowest BCUT2D eigenvalue weighted by Gasteiger charge is -2.22. The van der Waals surface area contributed by atoms with Crippen molar-refractivity contribution < 1.29 is 19.3 Å². The molecule has 2 rings (SSSR count). The number of carbonyl (C=O) groups excluding carboxylic acids is 1. The average molecular weight is 249 g/mol. The summed E-state index contributed by atoms with van der Waals surface area (Å²) in [4.78, 5) is 26.3. The summed E-state index contributed by atoms with van der Waals surface area (Å²) in [5, 5.41) is 0. The van der Waals surface area contributed by atoms with Gasteiger partial charge in [-0.25, -0.2) is 4.79 Å². The van der Waals surface area contributed by atoms with Gasteiger partial charge in [0.05, 0.1) is 7.11 Å². The zero-order valence-electron chi connectivity index (χ0n) is 10.5. The Balaban J connectivity index is 2.37. The molecule has 1 atom stereocenters. The van der Waals surface area contributed by atoms with Crippen molar-refractivity contribution in [2.75, 3.05) is 7.11 Å². The molecule has 1 heterocycles. The van der Waals surface area contributed by atoms with Gasteiger partial charge in [0, 0.05) is 11.5 Å². The van der Waals surface area contributed by atoms with E-state index in [0.717, 1.165) is 5.56 Å². The molecular formula is C13H15NO4. The fourth-order valence-electron chi connectivity index (χ4n) is 1.67. The molecular weight excluding hydrogens is 234 g/mol. The number of hydrogen-bond donors (Lipinski definition) is 0. The van der Waals surface area contributed by atoms with Crippen LogP contribution >= 0.6 is 0 Å². The van der Waals surface area contributed by atoms with Gasteiger partial charge in [0.25, 0.3) is 5.90 Å². The molecule has 0 spiro atoms. The molecule has 0 saturated carbocycles. The minimum absolute atomic E-state index is 0.203. The summed E-state index contributed by atoms with van der Waals surface area (Å²) in [6.07, 6.45) is 0. The molecule has 0 aromatic heterocycles. The molecule has 1 aromatic rings. The van der Waals surface area contributed by atoms with E-state index in [2.05, 4.69) is 4.99 Å². The number of benzene rings is 1. The maximum absolute atomic E-state index is 11.8. The molecule has 0 radical (unpaired) electrons. The van der Waals surface area contributed by atoms with Gasteiger partial charge in [-0.05, 0) is 12.1 Å². The zero-order valence-corrected chi connectivity index (χ0v) is 10.5. The van der Waals surface area contributed by atoms with E-state index < -0.39 is 11.7 Å². The topological polar surface area (TPSA) is 57.1 Å². The van der Waals surface area contributed by atoms with Crippen LogP contribution in [0, 0.1) is 5.92 Å². The summed E-state index contributed by atoms with van der Waals surface area (Å²) < 4.78 is 4.73. The standard InChI is InChI=1S/C13H15NO4/c1-9(2)13(12(15)16-3)14-11(17-18-13)10-7-5-4-6-8-10/h4-9H,1-3H3. The van der Waals surface area contributed by atoms with Gasteiger partial charge in [-0.3, -0.25) is 0 Å². The molecule has 5 heteroatoms. The van der Waals surface area contributed by atoms with Crippen LogP contribution < -0.4 is 0 Å². The third kappa shape index (κ3) is 1.97. The highest BCUT2D eigenvalue weighted by Gasteiger charge is 2.51. The van der Waals surface area contributed by atoms with Gasteiger partial charge in [0.1, 0.15) is 0 Å². The second-order valence-electron chi connectivity index (χ2n) is 4.29. The van der Waals surface area contributed by atoms with Crippen molar-refractivity contribution in [1.29, 1.82) is 0 Å². The summed E-state index contributed by atoms with van der Waals surface area (Å²) in [5.74, 6) is -0.482. The first-order chi connectivity index (χ1) is 8.60. The predicted octanol–water partition coefficient (Wildman–Crippen LogP) is 1.92. The van der Waals surface area contributed by atoms with E-state index >= 15 is 0 Å². The molecule has 1 aromatic carbocycles. The van der Waals surface area contributed by atoms with Crippen LogP contribution in [-0.4, -0.2) is 24.7 Å². The first kappa shape index (κ1) is 12.6. The smallest absolute Gasteiger partial charge is 0.366 e. The van der Waals surface area contributed by atoms with E-state index in [0.29, 0.717) is 0 Å². The minimum atomic E-state index is -1.42. The highest BCUT2D eigenvalue weighted by Crippen LogP contribution is 2.31. The fourth-order valence-corrected chi connectivity index (χ4v) is 1.67. The van der Waals surface area contributed by atoms with Crippen molar-refractivity contribution in [2.24, 2.45) is 10.9 Å². The summed E-state index contributed by atoms with van der Waals surface area (Å²) >= 11 is 0. The molecule has 1 aliphatic heterocycles. The lowest BCUT2D eigenvalue weighted by atomic mass is 10.0. The highest BCUT2D eigenvalue weighted by atomic mass is 17.2. The number of methoxy groups -OCH3 is 1. The van der Waals surface area contributed by atoms with Crippen molar-refractivity contribution in [3.05, 3.63) is 35.9 Å². The number of ether oxygens (including phenoxy) is 1. The lowest BCUT2D eigenvalue weighted by molar-refractivity contribution is -0.289. The minimum Gasteiger partial charge on any atom is -0.465 e. The van der Waals surface area contributed by atoms with Crippen molar-refractivity contribution in [2.45, 2.75) is 19.6 Å². The fraction of sp³-hybridized carbons (Fsp3) is 0.385. The van der Waals surface area contributed by atoms with Gasteiger partial charge >= 0.3 is 11.7 Å². The molecule has 1 aliphatic rings. The Bertz CT molecular complexity index is 469. The molecule has 0 saturated heterocycles. The highest BCUT2D eigenvalue weighted by molar-refractivity contribution is 5.97. The first-order valence-electron chi connectivity index (χ1n) is 5.69. The van der Waals surface area contributed by atoms with Crippen LogP contribution in [0.15, 0.2) is 35.3 Å². The zero-order chi connectivity index (χ0) is 13.2. The van der Waals surface area contributed by atoms with Gasteiger partial charge in [-0.1, -0.05) is 32.0 Å². The number of aliphatic imine (C=N–C) groups is 1. The predicted molar refractivity (Wildman–Crippen MR) is 64.7 cm³/mol. The van der Waals surface area contributed by atoms with E-state index in [-0.39, 0.29) is 11.8 Å². The Labute approximate surface area is 105 Å². The summed E-state index contributed by atoms with van der Waals surface area (Å²) in [5.41, 5.74) is -0.663. The third-order valence-corrected chi connectivity index (χ3v) is 2.80. The largest absolute Gasteiger partial charge is 0.465 e. The van der Waals surface area contributed by atoms with Gasteiger partial charge < -0.3 is 9.62 Å². The monoisotopic (exact) mass is 249 g/mol. The van der Waals surface area contributed by atoms with Gasteiger partial charge in [-0.2, -0.15) is 4.99 Å². The Morgan fingerprint density at radius 2 is 2.00 bits per heavy atom. The van der Waals surface area contributed by atoms with Crippen LogP contribution in [0.25, 0.3) is 0 Å². The van der Waals surface area contributed by atoms with Crippen LogP contribution in [0.2, 0.25) is 0 Å². The van der Waals surface area contributed by atoms with E-state index in [1.807, 2.05) is 44.2 Å². The Hall–Kier alpha value is -1.88. The normalized spacial score (nSPS) is 22.6. The van der Waals surface area contributed by atoms with Gasteiger partial charge in [-0.15, -0.1) is 4.89 Å². The Morgan fingerprint density at radius 1 is 1.33 bits per heavy atom. The molecule has 0 N–H and O–H groups in total. The lowest BCUT2D eigenvalue weighted by Crippen LogP contribution is -2.43. The number of hydrogen-bond acceptors (Lipinski definition) is 5. The maximum atomic E-state index is 11.8. The van der Waals surface area contributed by atoms with Crippen LogP contribution in [-0.2, 0) is 19.3 Å². The van der Waals surface area contributed by atoms with Crippen LogP contribution in [0.5, 0.6) is 0 Å². The molecule has 5 nitrogen and oxygen atoms in total. The summed E-state index contributed by atoms with van der Waals surface area (Å²) in [6.45, 7) is 3.63. The van der Waals surface area contributed by atoms with E-state index in [1.165, 1.54) is 7.11 Å². The van der Waals surface area contributed by atoms with E-state index in [1.54, 1.807) is 0 Å². The average Bonchev–Trinajstić information content (AvgIpc) is 2.85. The molecule has 0 aliphatic carbocycles. The quantitative estimate of drug-likeness (QED) is 0.606. The summed E-state index contributed by atoms with van der Waals surface area (Å²) in [6, 6.07) is 9.26. The third-order valence-electron chi connectivity index (χ3n) is 2.80. The second-order valence-corrected chi connectivity index (χ2v) is 4.29. The van der Waals surface area contributed by atoms with Crippen molar-refractivity contribution in [3.63, 3.8) is 0 Å². The van der Waals surface area contributed by atoms with Crippen LogP contribution in [0.1, 0.15) is 19.4 Å². The molecule has 18 heavy (non-hydrogen) atoms. The van der Waals surface area contributed by atoms with E-state index in [4.69, 9.17) is 14.5 Å². The molecule has 0 fully saturated rings. The van der Waals surface area contributed by atoms with E-state index in [9.17, 15) is 4.79 Å². The van der Waals surface area contributed by atoms with Gasteiger partial charge in [0.15, 0.2) is 0 Å². The summed E-state index contributed by atoms with van der Waals surface area (Å²) in [7, 11) is 1.30. The van der Waals surface area contributed by atoms with Crippen molar-refractivity contribution >= 4 is 11.9 Å². The van der Waals surface area contributed by atoms with Crippen LogP contribution in [0.4, 0.5) is 0 Å². The SMILES string of the molecule is COC(=O)C1(C(C)C)N=C(c2ccccc2)OO1. The van der Waals surface area contributed by atoms with Gasteiger partial charge in [0.2, 0.25) is 0 Å². The van der Waals surface area contributed by atoms with Crippen molar-refractivity contribution in [1.82, 2.24) is 0 Å². The molecule has 0 amide bonds. The Kier molecular flexibility index (Phi) is 3.34. The number of carbonyl (C=O) groups is 1. The first-order valence-corrected chi connectivity index (χ1v) is 5.69. The number of esters is 1. The Morgan fingerprint density at radius 3 is 2.56 bits per heavy atom.